The standard InChI is InChI=1S/C19H24N4O2/c1-14-17(8-11-25-14)18-12-19(23(21-18)9-10-24)20-13-15-4-6-16(7-5-15)22(2)3/h4-8,11-12,20,24H,9-10,13H2,1-3H3. The summed E-state index contributed by atoms with van der Waals surface area (Å²) in [6.07, 6.45) is 1.66. The van der Waals surface area contributed by atoms with Gasteiger partial charge < -0.3 is 19.7 Å². The van der Waals surface area contributed by atoms with Crippen LogP contribution in [-0.2, 0) is 13.1 Å². The van der Waals surface area contributed by atoms with Gasteiger partial charge in [-0.05, 0) is 30.7 Å². The van der Waals surface area contributed by atoms with E-state index in [0.29, 0.717) is 13.1 Å². The predicted octanol–water partition coefficient (Wildman–Crippen LogP) is 3.12. The van der Waals surface area contributed by atoms with Gasteiger partial charge in [-0.1, -0.05) is 12.1 Å². The number of aliphatic hydroxyl groups is 1. The van der Waals surface area contributed by atoms with Gasteiger partial charge >= 0.3 is 0 Å². The number of benzene rings is 1. The van der Waals surface area contributed by atoms with E-state index in [1.165, 1.54) is 11.3 Å². The molecule has 132 valence electrons. The number of furan rings is 1. The summed E-state index contributed by atoms with van der Waals surface area (Å²) in [5, 5.41) is 17.3. The highest BCUT2D eigenvalue weighted by atomic mass is 16.3. The van der Waals surface area contributed by atoms with Crippen LogP contribution in [0.1, 0.15) is 11.3 Å². The van der Waals surface area contributed by atoms with Crippen molar-refractivity contribution in [1.29, 1.82) is 0 Å². The van der Waals surface area contributed by atoms with Crippen molar-refractivity contribution in [3.8, 4) is 11.3 Å². The maximum Gasteiger partial charge on any atom is 0.125 e. The molecule has 3 aromatic rings. The van der Waals surface area contributed by atoms with Crippen LogP contribution in [0.15, 0.2) is 47.1 Å². The minimum Gasteiger partial charge on any atom is -0.469 e. The van der Waals surface area contributed by atoms with Crippen LogP contribution in [0, 0.1) is 6.92 Å². The summed E-state index contributed by atoms with van der Waals surface area (Å²) in [7, 11) is 4.06. The molecule has 2 heterocycles. The average molecular weight is 340 g/mol. The van der Waals surface area contributed by atoms with Crippen molar-refractivity contribution in [2.45, 2.75) is 20.0 Å². The van der Waals surface area contributed by atoms with Crippen LogP contribution in [0.25, 0.3) is 11.3 Å². The summed E-state index contributed by atoms with van der Waals surface area (Å²) < 4.78 is 7.15. The molecule has 2 N–H and O–H groups in total. The molecule has 0 spiro atoms. The SMILES string of the molecule is Cc1occc1-c1cc(NCc2ccc(N(C)C)cc2)n(CCO)n1. The fourth-order valence-electron chi connectivity index (χ4n) is 2.71. The zero-order valence-electron chi connectivity index (χ0n) is 14.9. The molecule has 0 bridgehead atoms. The van der Waals surface area contributed by atoms with Crippen LogP contribution >= 0.6 is 0 Å². The second-order valence-corrected chi connectivity index (χ2v) is 6.17. The number of nitrogens with zero attached hydrogens (tertiary/aromatic N) is 3. The zero-order valence-corrected chi connectivity index (χ0v) is 14.9. The first-order valence-electron chi connectivity index (χ1n) is 8.32. The monoisotopic (exact) mass is 340 g/mol. The van der Waals surface area contributed by atoms with E-state index in [9.17, 15) is 5.11 Å². The van der Waals surface area contributed by atoms with Gasteiger partial charge in [-0.2, -0.15) is 5.10 Å². The highest BCUT2D eigenvalue weighted by Gasteiger charge is 2.12. The lowest BCUT2D eigenvalue weighted by atomic mass is 10.2. The van der Waals surface area contributed by atoms with Crippen LogP contribution in [0.2, 0.25) is 0 Å². The maximum atomic E-state index is 9.29. The Hall–Kier alpha value is -2.73. The van der Waals surface area contributed by atoms with Crippen LogP contribution < -0.4 is 10.2 Å². The Morgan fingerprint density at radius 1 is 1.20 bits per heavy atom. The van der Waals surface area contributed by atoms with E-state index in [1.54, 1.807) is 10.9 Å². The molecule has 0 atom stereocenters. The Balaban J connectivity index is 1.77. The number of nitrogens with one attached hydrogen (secondary N) is 1. The van der Waals surface area contributed by atoms with Crippen molar-refractivity contribution in [3.63, 3.8) is 0 Å². The fraction of sp³-hybridized carbons (Fsp3) is 0.316. The lowest BCUT2D eigenvalue weighted by Crippen LogP contribution is -2.11. The first kappa shape index (κ1) is 17.1. The van der Waals surface area contributed by atoms with Gasteiger partial charge in [0.25, 0.3) is 0 Å². The number of hydrogen-bond donors (Lipinski definition) is 2. The summed E-state index contributed by atoms with van der Waals surface area (Å²) in [6, 6.07) is 12.3. The van der Waals surface area contributed by atoms with Gasteiger partial charge in [-0.15, -0.1) is 0 Å². The number of rotatable bonds is 7. The largest absolute Gasteiger partial charge is 0.469 e. The van der Waals surface area contributed by atoms with E-state index in [1.807, 2.05) is 33.2 Å². The number of aliphatic hydroxyl groups excluding tert-OH is 1. The third-order valence-corrected chi connectivity index (χ3v) is 4.15. The lowest BCUT2D eigenvalue weighted by Gasteiger charge is -2.13. The predicted molar refractivity (Wildman–Crippen MR) is 99.8 cm³/mol. The van der Waals surface area contributed by atoms with Gasteiger partial charge in [-0.3, -0.25) is 0 Å². The van der Waals surface area contributed by atoms with Gasteiger partial charge in [0.1, 0.15) is 11.6 Å². The Morgan fingerprint density at radius 2 is 1.96 bits per heavy atom. The van der Waals surface area contributed by atoms with E-state index in [-0.39, 0.29) is 6.61 Å². The number of hydrogen-bond acceptors (Lipinski definition) is 5. The molecule has 2 aromatic heterocycles. The Kier molecular flexibility index (Phi) is 5.09. The molecule has 6 heteroatoms. The zero-order chi connectivity index (χ0) is 17.8. The van der Waals surface area contributed by atoms with Crippen molar-refractivity contribution in [2.24, 2.45) is 0 Å². The van der Waals surface area contributed by atoms with Crippen LogP contribution in [0.3, 0.4) is 0 Å². The minimum atomic E-state index is 0.0394. The lowest BCUT2D eigenvalue weighted by molar-refractivity contribution is 0.270. The highest BCUT2D eigenvalue weighted by Crippen LogP contribution is 2.26. The Morgan fingerprint density at radius 3 is 2.56 bits per heavy atom. The molecule has 0 aliphatic rings. The van der Waals surface area contributed by atoms with Crippen molar-refractivity contribution in [3.05, 3.63) is 54.0 Å². The summed E-state index contributed by atoms with van der Waals surface area (Å²) in [5.74, 6) is 1.71. The van der Waals surface area contributed by atoms with Crippen LogP contribution in [0.5, 0.6) is 0 Å². The molecule has 0 aliphatic heterocycles. The van der Waals surface area contributed by atoms with Crippen molar-refractivity contribution < 1.29 is 9.52 Å². The molecule has 0 amide bonds. The highest BCUT2D eigenvalue weighted by molar-refractivity contribution is 5.64. The molecule has 0 fully saturated rings. The molecule has 3 rings (SSSR count). The number of aromatic nitrogens is 2. The summed E-state index contributed by atoms with van der Waals surface area (Å²) in [4.78, 5) is 2.08. The average Bonchev–Trinajstić information content (AvgIpc) is 3.19. The minimum absolute atomic E-state index is 0.0394. The van der Waals surface area contributed by atoms with E-state index in [4.69, 9.17) is 4.42 Å². The van der Waals surface area contributed by atoms with Gasteiger partial charge in [0.2, 0.25) is 0 Å². The third kappa shape index (κ3) is 3.85. The fourth-order valence-corrected chi connectivity index (χ4v) is 2.71. The summed E-state index contributed by atoms with van der Waals surface area (Å²) in [5.41, 5.74) is 4.16. The normalized spacial score (nSPS) is 10.9. The molecule has 0 unspecified atom stereocenters. The summed E-state index contributed by atoms with van der Waals surface area (Å²) >= 11 is 0. The molecular weight excluding hydrogens is 316 g/mol. The van der Waals surface area contributed by atoms with E-state index >= 15 is 0 Å². The quantitative estimate of drug-likeness (QED) is 0.692. The van der Waals surface area contributed by atoms with Crippen molar-refractivity contribution >= 4 is 11.5 Å². The molecule has 0 saturated heterocycles. The van der Waals surface area contributed by atoms with Crippen LogP contribution in [-0.4, -0.2) is 35.6 Å². The third-order valence-electron chi connectivity index (χ3n) is 4.15. The van der Waals surface area contributed by atoms with E-state index in [0.717, 1.165) is 22.8 Å². The van der Waals surface area contributed by atoms with Gasteiger partial charge in [-0.25, -0.2) is 4.68 Å². The molecular formula is C19H24N4O2. The molecule has 0 saturated carbocycles. The first-order valence-corrected chi connectivity index (χ1v) is 8.32. The molecule has 6 nitrogen and oxygen atoms in total. The molecule has 25 heavy (non-hydrogen) atoms. The molecule has 0 aliphatic carbocycles. The number of aryl methyl sites for hydroxylation is 1. The first-order chi connectivity index (χ1) is 12.1. The van der Waals surface area contributed by atoms with Gasteiger partial charge in [0.15, 0.2) is 0 Å². The van der Waals surface area contributed by atoms with E-state index in [2.05, 4.69) is 39.6 Å². The van der Waals surface area contributed by atoms with Gasteiger partial charge in [0.05, 0.1) is 25.1 Å². The molecule has 1 aromatic carbocycles. The summed E-state index contributed by atoms with van der Waals surface area (Å²) in [6.45, 7) is 3.09. The van der Waals surface area contributed by atoms with Gasteiger partial charge in [0, 0.05) is 38.0 Å². The second-order valence-electron chi connectivity index (χ2n) is 6.17. The Bertz CT molecular complexity index is 818. The van der Waals surface area contributed by atoms with Crippen LogP contribution in [0.4, 0.5) is 11.5 Å². The molecule has 0 radical (unpaired) electrons. The Labute approximate surface area is 147 Å². The maximum absolute atomic E-state index is 9.29. The van der Waals surface area contributed by atoms with Crippen molar-refractivity contribution in [1.82, 2.24) is 9.78 Å². The second kappa shape index (κ2) is 7.44. The topological polar surface area (TPSA) is 66.5 Å². The van der Waals surface area contributed by atoms with E-state index < -0.39 is 0 Å². The van der Waals surface area contributed by atoms with Crippen molar-refractivity contribution in [2.75, 3.05) is 30.9 Å². The number of anilines is 2. The smallest absolute Gasteiger partial charge is 0.125 e.